The molecule has 0 amide bonds. The van der Waals surface area contributed by atoms with Crippen molar-refractivity contribution in [3.8, 4) is 11.5 Å². The summed E-state index contributed by atoms with van der Waals surface area (Å²) in [7, 11) is 1.52. The van der Waals surface area contributed by atoms with E-state index in [2.05, 4.69) is 0 Å². The molecule has 1 aromatic rings. The first-order valence-corrected chi connectivity index (χ1v) is 5.35. The average Bonchev–Trinajstić information content (AvgIpc) is 2.36. The van der Waals surface area contributed by atoms with Crippen LogP contribution in [0.2, 0.25) is 0 Å². The Hall–Kier alpha value is -1.30. The SMILES string of the molecule is COc1cc(CO)ccc1OCC(C)(O)CN. The molecule has 0 heterocycles. The standard InChI is InChI=1S/C12H19NO4/c1-12(15,7-13)8-17-10-4-3-9(6-14)5-11(10)16-2/h3-5,14-15H,6-8,13H2,1-2H3. The van der Waals surface area contributed by atoms with Crippen LogP contribution in [0.4, 0.5) is 0 Å². The number of nitrogens with two attached hydrogens (primary N) is 1. The number of methoxy groups -OCH3 is 1. The lowest BCUT2D eigenvalue weighted by Gasteiger charge is -2.22. The first-order chi connectivity index (χ1) is 8.02. The average molecular weight is 241 g/mol. The fourth-order valence-electron chi connectivity index (χ4n) is 1.22. The number of hydrogen-bond acceptors (Lipinski definition) is 5. The van der Waals surface area contributed by atoms with E-state index in [4.69, 9.17) is 20.3 Å². The summed E-state index contributed by atoms with van der Waals surface area (Å²) in [4.78, 5) is 0. The molecule has 0 aliphatic rings. The Morgan fingerprint density at radius 3 is 2.59 bits per heavy atom. The Morgan fingerprint density at radius 2 is 2.06 bits per heavy atom. The lowest BCUT2D eigenvalue weighted by molar-refractivity contribution is 0.0187. The van der Waals surface area contributed by atoms with Gasteiger partial charge in [-0.1, -0.05) is 6.07 Å². The van der Waals surface area contributed by atoms with Crippen LogP contribution >= 0.6 is 0 Å². The molecule has 17 heavy (non-hydrogen) atoms. The van der Waals surface area contributed by atoms with E-state index in [0.717, 1.165) is 5.56 Å². The number of benzene rings is 1. The van der Waals surface area contributed by atoms with Crippen molar-refractivity contribution in [1.29, 1.82) is 0 Å². The summed E-state index contributed by atoms with van der Waals surface area (Å²) in [5, 5.41) is 18.7. The number of aliphatic hydroxyl groups is 2. The highest BCUT2D eigenvalue weighted by atomic mass is 16.5. The highest BCUT2D eigenvalue weighted by molar-refractivity contribution is 5.42. The van der Waals surface area contributed by atoms with Crippen molar-refractivity contribution in [2.45, 2.75) is 19.1 Å². The maximum atomic E-state index is 9.72. The van der Waals surface area contributed by atoms with Crippen molar-refractivity contribution < 1.29 is 19.7 Å². The molecule has 1 unspecified atom stereocenters. The number of rotatable bonds is 6. The van der Waals surface area contributed by atoms with Crippen molar-refractivity contribution in [3.63, 3.8) is 0 Å². The molecule has 1 aromatic carbocycles. The Balaban J connectivity index is 2.77. The van der Waals surface area contributed by atoms with Crippen LogP contribution in [-0.4, -0.2) is 36.1 Å². The molecule has 0 saturated heterocycles. The van der Waals surface area contributed by atoms with Gasteiger partial charge >= 0.3 is 0 Å². The molecule has 0 aliphatic carbocycles. The molecule has 0 fully saturated rings. The van der Waals surface area contributed by atoms with Crippen LogP contribution < -0.4 is 15.2 Å². The summed E-state index contributed by atoms with van der Waals surface area (Å²) in [5.74, 6) is 1.03. The van der Waals surface area contributed by atoms with Crippen LogP contribution in [0, 0.1) is 0 Å². The fourth-order valence-corrected chi connectivity index (χ4v) is 1.22. The first kappa shape index (κ1) is 13.8. The Labute approximate surface area is 101 Å². The fraction of sp³-hybridized carbons (Fsp3) is 0.500. The van der Waals surface area contributed by atoms with E-state index in [1.54, 1.807) is 25.1 Å². The summed E-state index contributed by atoms with van der Waals surface area (Å²) in [6.07, 6.45) is 0. The molecular weight excluding hydrogens is 222 g/mol. The van der Waals surface area contributed by atoms with Crippen LogP contribution in [0.15, 0.2) is 18.2 Å². The molecule has 5 nitrogen and oxygen atoms in total. The molecule has 0 spiro atoms. The number of aliphatic hydroxyl groups excluding tert-OH is 1. The second-order valence-corrected chi connectivity index (χ2v) is 4.13. The Bertz CT molecular complexity index is 366. The zero-order chi connectivity index (χ0) is 12.9. The second-order valence-electron chi connectivity index (χ2n) is 4.13. The second kappa shape index (κ2) is 5.86. The topological polar surface area (TPSA) is 84.9 Å². The summed E-state index contributed by atoms with van der Waals surface area (Å²) in [6.45, 7) is 1.74. The minimum Gasteiger partial charge on any atom is -0.493 e. The van der Waals surface area contributed by atoms with E-state index in [9.17, 15) is 5.11 Å². The van der Waals surface area contributed by atoms with Crippen LogP contribution in [0.5, 0.6) is 11.5 Å². The molecule has 0 aromatic heterocycles. The van der Waals surface area contributed by atoms with Gasteiger partial charge in [0.2, 0.25) is 0 Å². The van der Waals surface area contributed by atoms with Gasteiger partial charge in [-0.3, -0.25) is 0 Å². The smallest absolute Gasteiger partial charge is 0.161 e. The predicted octanol–water partition coefficient (Wildman–Crippen LogP) is 0.276. The van der Waals surface area contributed by atoms with Gasteiger partial charge < -0.3 is 25.4 Å². The predicted molar refractivity (Wildman–Crippen MR) is 64.1 cm³/mol. The molecule has 1 rings (SSSR count). The van der Waals surface area contributed by atoms with Crippen LogP contribution in [0.1, 0.15) is 12.5 Å². The lowest BCUT2D eigenvalue weighted by atomic mass is 10.1. The third-order valence-corrected chi connectivity index (χ3v) is 2.39. The normalized spacial score (nSPS) is 14.2. The van der Waals surface area contributed by atoms with Gasteiger partial charge in [0.25, 0.3) is 0 Å². The van der Waals surface area contributed by atoms with Crippen molar-refractivity contribution in [1.82, 2.24) is 0 Å². The largest absolute Gasteiger partial charge is 0.493 e. The summed E-state index contributed by atoms with van der Waals surface area (Å²) in [6, 6.07) is 5.11. The summed E-state index contributed by atoms with van der Waals surface area (Å²) in [5.41, 5.74) is 5.06. The molecule has 1 atom stereocenters. The molecule has 0 radical (unpaired) electrons. The van der Waals surface area contributed by atoms with Gasteiger partial charge in [0, 0.05) is 6.54 Å². The molecule has 0 saturated carbocycles. The highest BCUT2D eigenvalue weighted by Gasteiger charge is 2.19. The molecule has 0 bridgehead atoms. The van der Waals surface area contributed by atoms with Gasteiger partial charge in [-0.2, -0.15) is 0 Å². The first-order valence-electron chi connectivity index (χ1n) is 5.35. The summed E-state index contributed by atoms with van der Waals surface area (Å²) >= 11 is 0. The van der Waals surface area contributed by atoms with E-state index in [1.165, 1.54) is 7.11 Å². The number of ether oxygens (including phenoxy) is 2. The van der Waals surface area contributed by atoms with Crippen molar-refractivity contribution >= 4 is 0 Å². The van der Waals surface area contributed by atoms with E-state index >= 15 is 0 Å². The molecule has 5 heteroatoms. The van der Waals surface area contributed by atoms with E-state index in [0.29, 0.717) is 11.5 Å². The van der Waals surface area contributed by atoms with Crippen LogP contribution in [-0.2, 0) is 6.61 Å². The van der Waals surface area contributed by atoms with Crippen molar-refractivity contribution in [3.05, 3.63) is 23.8 Å². The highest BCUT2D eigenvalue weighted by Crippen LogP contribution is 2.28. The minimum absolute atomic E-state index is 0.0584. The van der Waals surface area contributed by atoms with E-state index in [-0.39, 0.29) is 19.8 Å². The molecular formula is C12H19NO4. The molecule has 0 aliphatic heterocycles. The molecule has 96 valence electrons. The zero-order valence-corrected chi connectivity index (χ0v) is 10.1. The Kier molecular flexibility index (Phi) is 4.74. The van der Waals surface area contributed by atoms with Gasteiger partial charge in [-0.25, -0.2) is 0 Å². The van der Waals surface area contributed by atoms with Crippen LogP contribution in [0.25, 0.3) is 0 Å². The monoisotopic (exact) mass is 241 g/mol. The maximum Gasteiger partial charge on any atom is 0.161 e. The van der Waals surface area contributed by atoms with E-state index < -0.39 is 5.60 Å². The lowest BCUT2D eigenvalue weighted by Crippen LogP contribution is -2.40. The van der Waals surface area contributed by atoms with Gasteiger partial charge in [0.05, 0.1) is 13.7 Å². The van der Waals surface area contributed by atoms with Crippen molar-refractivity contribution in [2.75, 3.05) is 20.3 Å². The van der Waals surface area contributed by atoms with Crippen molar-refractivity contribution in [2.24, 2.45) is 5.73 Å². The van der Waals surface area contributed by atoms with E-state index in [1.807, 2.05) is 0 Å². The van der Waals surface area contributed by atoms with Gasteiger partial charge in [-0.05, 0) is 24.6 Å². The third-order valence-electron chi connectivity index (χ3n) is 2.39. The quantitative estimate of drug-likeness (QED) is 0.666. The maximum absolute atomic E-state index is 9.72. The zero-order valence-electron chi connectivity index (χ0n) is 10.1. The Morgan fingerprint density at radius 1 is 1.35 bits per heavy atom. The van der Waals surface area contributed by atoms with Gasteiger partial charge in [0.1, 0.15) is 12.2 Å². The number of hydrogen-bond donors (Lipinski definition) is 3. The summed E-state index contributed by atoms with van der Waals surface area (Å²) < 4.78 is 10.6. The molecule has 4 N–H and O–H groups in total. The van der Waals surface area contributed by atoms with Gasteiger partial charge in [0.15, 0.2) is 11.5 Å². The minimum atomic E-state index is -1.07. The third kappa shape index (κ3) is 3.89. The van der Waals surface area contributed by atoms with Crippen LogP contribution in [0.3, 0.4) is 0 Å². The van der Waals surface area contributed by atoms with Gasteiger partial charge in [-0.15, -0.1) is 0 Å².